The molecule has 1 rings (SSSR count). The first-order valence-corrected chi connectivity index (χ1v) is 6.59. The van der Waals surface area contributed by atoms with Crippen LogP contribution in [0.3, 0.4) is 0 Å². The van der Waals surface area contributed by atoms with Crippen LogP contribution in [-0.4, -0.2) is 17.8 Å². The van der Waals surface area contributed by atoms with Gasteiger partial charge in [-0.2, -0.15) is 0 Å². The summed E-state index contributed by atoms with van der Waals surface area (Å²) in [4.78, 5) is 12.0. The van der Waals surface area contributed by atoms with Gasteiger partial charge in [-0.25, -0.2) is 0 Å². The van der Waals surface area contributed by atoms with Gasteiger partial charge in [0.2, 0.25) is 0 Å². The third kappa shape index (κ3) is 4.57. The average Bonchev–Trinajstić information content (AvgIpc) is 2.26. The molecule has 0 spiro atoms. The lowest BCUT2D eigenvalue weighted by Crippen LogP contribution is -2.33. The first kappa shape index (κ1) is 14.3. The first-order chi connectivity index (χ1) is 8.04. The Hall–Kier alpha value is -0.730. The predicted octanol–water partition coefficient (Wildman–Crippen LogP) is 3.79. The monoisotopic (exact) mass is 273 g/mol. The molecule has 0 bridgehead atoms. The Kier molecular flexibility index (Phi) is 5.79. The molecule has 1 amide bonds. The summed E-state index contributed by atoms with van der Waals surface area (Å²) >= 11 is 11.5. The second-order valence-corrected chi connectivity index (χ2v) is 4.98. The Labute approximate surface area is 112 Å². The highest BCUT2D eigenvalue weighted by Gasteiger charge is 2.11. The van der Waals surface area contributed by atoms with Gasteiger partial charge >= 0.3 is 0 Å². The Balaban J connectivity index is 2.63. The fraction of sp³-hybridized carbons (Fsp3) is 0.462. The molecule has 0 aliphatic carbocycles. The number of halogens is 2. The summed E-state index contributed by atoms with van der Waals surface area (Å²) < 4.78 is 0. The van der Waals surface area contributed by atoms with Gasteiger partial charge < -0.3 is 5.32 Å². The predicted molar refractivity (Wildman–Crippen MR) is 73.1 cm³/mol. The highest BCUT2D eigenvalue weighted by Crippen LogP contribution is 2.15. The second-order valence-electron chi connectivity index (χ2n) is 4.16. The van der Waals surface area contributed by atoms with Crippen molar-refractivity contribution in [2.75, 3.05) is 5.88 Å². The molecule has 0 aliphatic heterocycles. The lowest BCUT2D eigenvalue weighted by molar-refractivity contribution is 0.0937. The standard InChI is InChI=1S/C13H17Cl2NO/c1-9-8-11(15)5-6-12(9)13(17)16-10(2)4-3-7-14/h5-6,8,10H,3-4,7H2,1-2H3,(H,16,17). The van der Waals surface area contributed by atoms with E-state index in [2.05, 4.69) is 5.32 Å². The van der Waals surface area contributed by atoms with Crippen molar-refractivity contribution >= 4 is 29.1 Å². The van der Waals surface area contributed by atoms with Gasteiger partial charge in [0.1, 0.15) is 0 Å². The van der Waals surface area contributed by atoms with Crippen molar-refractivity contribution in [3.05, 3.63) is 34.3 Å². The van der Waals surface area contributed by atoms with Crippen LogP contribution in [0.1, 0.15) is 35.7 Å². The van der Waals surface area contributed by atoms with E-state index in [4.69, 9.17) is 23.2 Å². The third-order valence-corrected chi connectivity index (χ3v) is 3.08. The highest BCUT2D eigenvalue weighted by atomic mass is 35.5. The van der Waals surface area contributed by atoms with Gasteiger partial charge in [0.25, 0.3) is 5.91 Å². The molecule has 1 N–H and O–H groups in total. The Morgan fingerprint density at radius 1 is 1.47 bits per heavy atom. The summed E-state index contributed by atoms with van der Waals surface area (Å²) in [5.74, 6) is 0.571. The van der Waals surface area contributed by atoms with Crippen molar-refractivity contribution in [1.29, 1.82) is 0 Å². The number of carbonyl (C=O) groups excluding carboxylic acids is 1. The average molecular weight is 274 g/mol. The molecule has 4 heteroatoms. The number of rotatable bonds is 5. The molecule has 1 aromatic rings. The number of carbonyl (C=O) groups is 1. The molecular weight excluding hydrogens is 257 g/mol. The minimum Gasteiger partial charge on any atom is -0.350 e. The van der Waals surface area contributed by atoms with Crippen molar-refractivity contribution in [3.8, 4) is 0 Å². The normalized spacial score (nSPS) is 12.2. The lowest BCUT2D eigenvalue weighted by Gasteiger charge is -2.14. The van der Waals surface area contributed by atoms with Gasteiger partial charge in [-0.1, -0.05) is 11.6 Å². The van der Waals surface area contributed by atoms with Gasteiger partial charge in [0.15, 0.2) is 0 Å². The number of hydrogen-bond donors (Lipinski definition) is 1. The van der Waals surface area contributed by atoms with E-state index in [1.807, 2.05) is 13.8 Å². The summed E-state index contributed by atoms with van der Waals surface area (Å²) in [5, 5.41) is 3.60. The molecule has 1 aromatic carbocycles. The van der Waals surface area contributed by atoms with Crippen LogP contribution >= 0.6 is 23.2 Å². The molecule has 94 valence electrons. The smallest absolute Gasteiger partial charge is 0.251 e. The van der Waals surface area contributed by atoms with Crippen LogP contribution in [0, 0.1) is 6.92 Å². The minimum atomic E-state index is -0.0544. The number of benzene rings is 1. The Morgan fingerprint density at radius 2 is 2.18 bits per heavy atom. The molecule has 2 nitrogen and oxygen atoms in total. The molecule has 0 fully saturated rings. The SMILES string of the molecule is Cc1cc(Cl)ccc1C(=O)NC(C)CCCCl. The van der Waals surface area contributed by atoms with Crippen molar-refractivity contribution < 1.29 is 4.79 Å². The van der Waals surface area contributed by atoms with E-state index < -0.39 is 0 Å². The lowest BCUT2D eigenvalue weighted by atomic mass is 10.1. The van der Waals surface area contributed by atoms with E-state index in [0.717, 1.165) is 18.4 Å². The zero-order chi connectivity index (χ0) is 12.8. The van der Waals surface area contributed by atoms with Crippen molar-refractivity contribution in [2.45, 2.75) is 32.7 Å². The van der Waals surface area contributed by atoms with Crippen LogP contribution in [0.5, 0.6) is 0 Å². The molecule has 0 aromatic heterocycles. The molecular formula is C13H17Cl2NO. The van der Waals surface area contributed by atoms with Crippen LogP contribution in [-0.2, 0) is 0 Å². The number of aryl methyl sites for hydroxylation is 1. The van der Waals surface area contributed by atoms with E-state index in [0.29, 0.717) is 16.5 Å². The maximum absolute atomic E-state index is 12.0. The zero-order valence-electron chi connectivity index (χ0n) is 10.1. The van der Waals surface area contributed by atoms with Gasteiger partial charge in [0, 0.05) is 22.5 Å². The maximum Gasteiger partial charge on any atom is 0.251 e. The fourth-order valence-corrected chi connectivity index (χ4v) is 2.02. The molecule has 0 saturated heterocycles. The molecule has 1 unspecified atom stereocenters. The maximum atomic E-state index is 12.0. The summed E-state index contributed by atoms with van der Waals surface area (Å²) in [7, 11) is 0. The van der Waals surface area contributed by atoms with Crippen molar-refractivity contribution in [2.24, 2.45) is 0 Å². The summed E-state index contributed by atoms with van der Waals surface area (Å²) in [6.07, 6.45) is 1.80. The largest absolute Gasteiger partial charge is 0.350 e. The van der Waals surface area contributed by atoms with E-state index >= 15 is 0 Å². The topological polar surface area (TPSA) is 29.1 Å². The van der Waals surface area contributed by atoms with E-state index in [-0.39, 0.29) is 11.9 Å². The number of amides is 1. The summed E-state index contributed by atoms with van der Waals surface area (Å²) in [6, 6.07) is 5.41. The van der Waals surface area contributed by atoms with Crippen LogP contribution < -0.4 is 5.32 Å². The second kappa shape index (κ2) is 6.87. The number of alkyl halides is 1. The minimum absolute atomic E-state index is 0.0544. The quantitative estimate of drug-likeness (QED) is 0.813. The van der Waals surface area contributed by atoms with Crippen molar-refractivity contribution in [3.63, 3.8) is 0 Å². The van der Waals surface area contributed by atoms with Crippen LogP contribution in [0.15, 0.2) is 18.2 Å². The fourth-order valence-electron chi connectivity index (χ4n) is 1.64. The van der Waals surface area contributed by atoms with Crippen LogP contribution in [0.25, 0.3) is 0 Å². The van der Waals surface area contributed by atoms with Gasteiger partial charge in [-0.05, 0) is 50.5 Å². The zero-order valence-corrected chi connectivity index (χ0v) is 11.6. The molecule has 17 heavy (non-hydrogen) atoms. The first-order valence-electron chi connectivity index (χ1n) is 5.67. The van der Waals surface area contributed by atoms with Gasteiger partial charge in [-0.3, -0.25) is 4.79 Å². The van der Waals surface area contributed by atoms with E-state index in [1.165, 1.54) is 0 Å². The summed E-state index contributed by atoms with van der Waals surface area (Å²) in [5.41, 5.74) is 1.56. The van der Waals surface area contributed by atoms with E-state index in [1.54, 1.807) is 18.2 Å². The summed E-state index contributed by atoms with van der Waals surface area (Å²) in [6.45, 7) is 3.86. The molecule has 0 heterocycles. The van der Waals surface area contributed by atoms with Crippen LogP contribution in [0.2, 0.25) is 5.02 Å². The third-order valence-electron chi connectivity index (χ3n) is 2.58. The van der Waals surface area contributed by atoms with Crippen LogP contribution in [0.4, 0.5) is 0 Å². The highest BCUT2D eigenvalue weighted by molar-refractivity contribution is 6.30. The van der Waals surface area contributed by atoms with E-state index in [9.17, 15) is 4.79 Å². The molecule has 0 saturated carbocycles. The Bertz CT molecular complexity index is 393. The molecule has 0 aliphatic rings. The molecule has 0 radical (unpaired) electrons. The number of nitrogens with one attached hydrogen (secondary N) is 1. The van der Waals surface area contributed by atoms with Crippen molar-refractivity contribution in [1.82, 2.24) is 5.32 Å². The number of hydrogen-bond acceptors (Lipinski definition) is 1. The Morgan fingerprint density at radius 3 is 2.76 bits per heavy atom. The van der Waals surface area contributed by atoms with Gasteiger partial charge in [-0.15, -0.1) is 11.6 Å². The van der Waals surface area contributed by atoms with Gasteiger partial charge in [0.05, 0.1) is 0 Å². The molecule has 1 atom stereocenters.